The van der Waals surface area contributed by atoms with E-state index < -0.39 is 11.2 Å². The molecule has 1 N–H and O–H groups in total. The van der Waals surface area contributed by atoms with Crippen LogP contribution in [0.1, 0.15) is 34.6 Å². The first-order chi connectivity index (χ1) is 8.17. The van der Waals surface area contributed by atoms with Gasteiger partial charge in [0.15, 0.2) is 11.5 Å². The molecule has 0 fully saturated rings. The van der Waals surface area contributed by atoms with Gasteiger partial charge in [-0.3, -0.25) is 4.79 Å². The fourth-order valence-corrected chi connectivity index (χ4v) is 1.62. The Morgan fingerprint density at radius 3 is 2.39 bits per heavy atom. The summed E-state index contributed by atoms with van der Waals surface area (Å²) >= 11 is 0. The van der Waals surface area contributed by atoms with Crippen LogP contribution in [0.25, 0.3) is 0 Å². The van der Waals surface area contributed by atoms with E-state index >= 15 is 0 Å². The lowest BCUT2D eigenvalue weighted by atomic mass is 9.95. The Kier molecular flexibility index (Phi) is 2.76. The number of carbonyl (C=O) groups excluding carboxylic acids is 1. The summed E-state index contributed by atoms with van der Waals surface area (Å²) in [6.45, 7) is 9.32. The Labute approximate surface area is 107 Å². The molecule has 0 saturated heterocycles. The summed E-state index contributed by atoms with van der Waals surface area (Å²) in [5.41, 5.74) is 0.297. The highest BCUT2D eigenvalue weighted by atomic mass is 16.7. The molecular weight excluding hydrogens is 230 g/mol. The molecule has 1 aliphatic heterocycles. The molecule has 1 aliphatic rings. The molecule has 0 bridgehead atoms. The van der Waals surface area contributed by atoms with Crippen LogP contribution in [0, 0.1) is 5.41 Å². The van der Waals surface area contributed by atoms with Gasteiger partial charge < -0.3 is 14.8 Å². The van der Waals surface area contributed by atoms with Gasteiger partial charge in [-0.25, -0.2) is 0 Å². The van der Waals surface area contributed by atoms with Crippen LogP contribution in [0.15, 0.2) is 18.2 Å². The molecule has 1 aromatic rings. The zero-order valence-corrected chi connectivity index (χ0v) is 11.5. The summed E-state index contributed by atoms with van der Waals surface area (Å²) in [5.74, 6) is 0.690. The Balaban J connectivity index is 2.17. The number of ether oxygens (including phenoxy) is 2. The third-order valence-corrected chi connectivity index (χ3v) is 2.59. The largest absolute Gasteiger partial charge is 0.449 e. The van der Waals surface area contributed by atoms with Crippen LogP contribution in [0.2, 0.25) is 0 Å². The molecule has 0 aromatic heterocycles. The number of amides is 1. The van der Waals surface area contributed by atoms with Crippen LogP contribution >= 0.6 is 0 Å². The summed E-state index contributed by atoms with van der Waals surface area (Å²) < 4.78 is 11.2. The van der Waals surface area contributed by atoms with Gasteiger partial charge in [0, 0.05) is 31.0 Å². The van der Waals surface area contributed by atoms with E-state index in [0.717, 1.165) is 5.69 Å². The monoisotopic (exact) mass is 249 g/mol. The topological polar surface area (TPSA) is 47.6 Å². The van der Waals surface area contributed by atoms with E-state index in [2.05, 4.69) is 5.32 Å². The maximum atomic E-state index is 11.9. The summed E-state index contributed by atoms with van der Waals surface area (Å²) in [4.78, 5) is 11.9. The lowest BCUT2D eigenvalue weighted by molar-refractivity contribution is -0.123. The average Bonchev–Trinajstić information content (AvgIpc) is 2.49. The van der Waals surface area contributed by atoms with Crippen molar-refractivity contribution in [2.75, 3.05) is 5.32 Å². The number of fused-ring (bicyclic) bond motifs is 1. The van der Waals surface area contributed by atoms with Gasteiger partial charge in [0.1, 0.15) is 0 Å². The predicted molar refractivity (Wildman–Crippen MR) is 69.9 cm³/mol. The van der Waals surface area contributed by atoms with Crippen molar-refractivity contribution in [1.82, 2.24) is 0 Å². The van der Waals surface area contributed by atoms with E-state index in [1.165, 1.54) is 0 Å². The van der Waals surface area contributed by atoms with E-state index in [-0.39, 0.29) is 5.91 Å². The zero-order chi connectivity index (χ0) is 13.6. The number of carbonyl (C=O) groups is 1. The second-order valence-corrected chi connectivity index (χ2v) is 5.97. The molecule has 18 heavy (non-hydrogen) atoms. The van der Waals surface area contributed by atoms with E-state index in [4.69, 9.17) is 9.47 Å². The van der Waals surface area contributed by atoms with E-state index in [1.807, 2.05) is 46.8 Å². The fraction of sp³-hybridized carbons (Fsp3) is 0.500. The Bertz CT molecular complexity index is 486. The van der Waals surface area contributed by atoms with Crippen molar-refractivity contribution in [2.24, 2.45) is 5.41 Å². The van der Waals surface area contributed by atoms with Crippen LogP contribution in [0.4, 0.5) is 5.69 Å². The lowest BCUT2D eigenvalue weighted by Gasteiger charge is -2.17. The number of hydrogen-bond donors (Lipinski definition) is 1. The SMILES string of the molecule is CC1(C)Oc2ccc(NC(=O)C(C)(C)C)cc2O1. The molecule has 0 saturated carbocycles. The van der Waals surface area contributed by atoms with Gasteiger partial charge in [-0.1, -0.05) is 20.8 Å². The molecule has 4 nitrogen and oxygen atoms in total. The van der Waals surface area contributed by atoms with Crippen LogP contribution in [0.3, 0.4) is 0 Å². The van der Waals surface area contributed by atoms with Crippen molar-refractivity contribution in [3.05, 3.63) is 18.2 Å². The number of nitrogens with one attached hydrogen (secondary N) is 1. The van der Waals surface area contributed by atoms with Crippen molar-refractivity contribution < 1.29 is 14.3 Å². The summed E-state index contributed by atoms with van der Waals surface area (Å²) in [6.07, 6.45) is 0. The first-order valence-electron chi connectivity index (χ1n) is 6.01. The second kappa shape index (κ2) is 3.90. The highest BCUT2D eigenvalue weighted by Gasteiger charge is 2.32. The van der Waals surface area contributed by atoms with Crippen molar-refractivity contribution in [1.29, 1.82) is 0 Å². The molecule has 1 heterocycles. The zero-order valence-electron chi connectivity index (χ0n) is 11.5. The maximum absolute atomic E-state index is 11.9. The van der Waals surface area contributed by atoms with Crippen LogP contribution < -0.4 is 14.8 Å². The van der Waals surface area contributed by atoms with E-state index in [1.54, 1.807) is 6.07 Å². The smallest absolute Gasteiger partial charge is 0.246 e. The highest BCUT2D eigenvalue weighted by molar-refractivity contribution is 5.94. The molecule has 0 spiro atoms. The van der Waals surface area contributed by atoms with Gasteiger partial charge in [0.05, 0.1) is 0 Å². The highest BCUT2D eigenvalue weighted by Crippen LogP contribution is 2.40. The minimum absolute atomic E-state index is 0.0272. The number of rotatable bonds is 1. The first kappa shape index (κ1) is 12.7. The van der Waals surface area contributed by atoms with Gasteiger partial charge >= 0.3 is 0 Å². The Hall–Kier alpha value is -1.71. The molecule has 1 aromatic carbocycles. The molecule has 2 rings (SSSR count). The summed E-state index contributed by atoms with van der Waals surface area (Å²) in [6, 6.07) is 5.41. The first-order valence-corrected chi connectivity index (χ1v) is 6.01. The lowest BCUT2D eigenvalue weighted by Crippen LogP contribution is -2.29. The Morgan fingerprint density at radius 1 is 1.17 bits per heavy atom. The van der Waals surface area contributed by atoms with Crippen LogP contribution in [0.5, 0.6) is 11.5 Å². The second-order valence-electron chi connectivity index (χ2n) is 5.97. The summed E-state index contributed by atoms with van der Waals surface area (Å²) in [5, 5.41) is 2.86. The normalized spacial score (nSPS) is 16.5. The number of benzene rings is 1. The van der Waals surface area contributed by atoms with Crippen molar-refractivity contribution in [3.8, 4) is 11.5 Å². The molecule has 0 radical (unpaired) electrons. The van der Waals surface area contributed by atoms with Crippen LogP contribution in [-0.2, 0) is 4.79 Å². The van der Waals surface area contributed by atoms with Gasteiger partial charge in [0.25, 0.3) is 0 Å². The molecule has 0 unspecified atom stereocenters. The molecule has 1 amide bonds. The predicted octanol–water partition coefficient (Wildman–Crippen LogP) is 3.18. The Morgan fingerprint density at radius 2 is 1.78 bits per heavy atom. The van der Waals surface area contributed by atoms with Gasteiger partial charge in [-0.15, -0.1) is 0 Å². The molecule has 4 heteroatoms. The quantitative estimate of drug-likeness (QED) is 0.831. The fourth-order valence-electron chi connectivity index (χ4n) is 1.62. The molecular formula is C14H19NO3. The minimum atomic E-state index is -0.644. The van der Waals surface area contributed by atoms with E-state index in [0.29, 0.717) is 11.5 Å². The van der Waals surface area contributed by atoms with Gasteiger partial charge in [-0.05, 0) is 12.1 Å². The molecule has 0 aliphatic carbocycles. The third-order valence-electron chi connectivity index (χ3n) is 2.59. The minimum Gasteiger partial charge on any atom is -0.449 e. The van der Waals surface area contributed by atoms with Gasteiger partial charge in [0.2, 0.25) is 11.7 Å². The van der Waals surface area contributed by atoms with Crippen molar-refractivity contribution in [3.63, 3.8) is 0 Å². The summed E-state index contributed by atoms with van der Waals surface area (Å²) in [7, 11) is 0. The third kappa shape index (κ3) is 2.58. The average molecular weight is 249 g/mol. The number of hydrogen-bond acceptors (Lipinski definition) is 3. The van der Waals surface area contributed by atoms with Crippen molar-refractivity contribution >= 4 is 11.6 Å². The standard InChI is InChI=1S/C14H19NO3/c1-13(2,3)12(16)15-9-6-7-10-11(8-9)18-14(4,5)17-10/h6-8H,1-5H3,(H,15,16). The van der Waals surface area contributed by atoms with Crippen molar-refractivity contribution in [2.45, 2.75) is 40.4 Å². The van der Waals surface area contributed by atoms with Gasteiger partial charge in [-0.2, -0.15) is 0 Å². The molecule has 98 valence electrons. The maximum Gasteiger partial charge on any atom is 0.246 e. The number of anilines is 1. The van der Waals surface area contributed by atoms with E-state index in [9.17, 15) is 4.79 Å². The van der Waals surface area contributed by atoms with Crippen LogP contribution in [-0.4, -0.2) is 11.7 Å². The molecule has 0 atom stereocenters.